The first-order valence-electron chi connectivity index (χ1n) is 10.8. The first kappa shape index (κ1) is 22.8. The van der Waals surface area contributed by atoms with Gasteiger partial charge in [0.1, 0.15) is 5.82 Å². The average Bonchev–Trinajstić information content (AvgIpc) is 2.79. The van der Waals surface area contributed by atoms with Gasteiger partial charge in [-0.15, -0.1) is 0 Å². The fourth-order valence-corrected chi connectivity index (χ4v) is 4.67. The van der Waals surface area contributed by atoms with Crippen molar-refractivity contribution in [1.82, 2.24) is 0 Å². The first-order chi connectivity index (χ1) is 15.5. The zero-order valence-electron chi connectivity index (χ0n) is 18.0. The van der Waals surface area contributed by atoms with Crippen molar-refractivity contribution in [3.63, 3.8) is 0 Å². The van der Waals surface area contributed by atoms with Crippen LogP contribution in [0.2, 0.25) is 5.02 Å². The molecule has 162 valence electrons. The largest absolute Gasteiger partial charge is 0.207 e. The molecule has 1 unspecified atom stereocenters. The molecule has 0 aliphatic rings. The summed E-state index contributed by atoms with van der Waals surface area (Å²) in [6.07, 6.45) is 2.49. The number of rotatable bonds is 7. The van der Waals surface area contributed by atoms with Gasteiger partial charge in [0.2, 0.25) is 0 Å². The van der Waals surface area contributed by atoms with Gasteiger partial charge in [0, 0.05) is 9.50 Å². The molecule has 0 bridgehead atoms. The summed E-state index contributed by atoms with van der Waals surface area (Å²) in [5.74, 6) is 0.0156. The van der Waals surface area contributed by atoms with Crippen LogP contribution in [0.15, 0.2) is 95.5 Å². The molecule has 0 radical (unpaired) electrons. The van der Waals surface area contributed by atoms with Gasteiger partial charge in [0.15, 0.2) is 0 Å². The van der Waals surface area contributed by atoms with Gasteiger partial charge in [-0.2, -0.15) is 0 Å². The van der Waals surface area contributed by atoms with E-state index in [0.29, 0.717) is 0 Å². The van der Waals surface area contributed by atoms with Crippen LogP contribution < -0.4 is 0 Å². The first-order valence-corrected chi connectivity index (χ1v) is 12.0. The Kier molecular flexibility index (Phi) is 7.44. The molecule has 0 saturated carbocycles. The standard InChI is InChI=1S/C29H25BrClF/c1-20-5-7-23(8-6-20)19-28-27(3-2-4-29(28)31)24(17-21-9-13-25(30)14-10-21)18-22-11-15-26(32)16-12-22/h2-16,24H,17-19H2,1H3. The third kappa shape index (κ3) is 5.88. The van der Waals surface area contributed by atoms with Gasteiger partial charge < -0.3 is 0 Å². The highest BCUT2D eigenvalue weighted by Gasteiger charge is 2.19. The highest BCUT2D eigenvalue weighted by atomic mass is 79.9. The maximum absolute atomic E-state index is 13.5. The summed E-state index contributed by atoms with van der Waals surface area (Å²) in [5.41, 5.74) is 7.30. The molecule has 0 fully saturated rings. The minimum Gasteiger partial charge on any atom is -0.207 e. The minimum atomic E-state index is -0.207. The molecule has 32 heavy (non-hydrogen) atoms. The topological polar surface area (TPSA) is 0 Å². The smallest absolute Gasteiger partial charge is 0.123 e. The van der Waals surface area contributed by atoms with Crippen molar-refractivity contribution in [3.8, 4) is 0 Å². The summed E-state index contributed by atoms with van der Waals surface area (Å²) in [4.78, 5) is 0. The summed E-state index contributed by atoms with van der Waals surface area (Å²) >= 11 is 10.3. The Morgan fingerprint density at radius 3 is 1.94 bits per heavy atom. The number of benzene rings is 4. The summed E-state index contributed by atoms with van der Waals surface area (Å²) in [6.45, 7) is 2.10. The Hall–Kier alpha value is -2.42. The minimum absolute atomic E-state index is 0.207. The van der Waals surface area contributed by atoms with Gasteiger partial charge in [-0.25, -0.2) is 4.39 Å². The van der Waals surface area contributed by atoms with Gasteiger partial charge in [0.25, 0.3) is 0 Å². The van der Waals surface area contributed by atoms with E-state index in [2.05, 4.69) is 77.5 Å². The Labute approximate surface area is 203 Å². The number of halogens is 3. The lowest BCUT2D eigenvalue weighted by Crippen LogP contribution is -2.11. The van der Waals surface area contributed by atoms with Crippen molar-refractivity contribution in [2.24, 2.45) is 0 Å². The lowest BCUT2D eigenvalue weighted by atomic mass is 9.83. The molecular weight excluding hydrogens is 483 g/mol. The third-order valence-corrected chi connectivity index (χ3v) is 6.77. The van der Waals surface area contributed by atoms with Crippen LogP contribution in [0.1, 0.15) is 39.3 Å². The predicted molar refractivity (Wildman–Crippen MR) is 136 cm³/mol. The number of hydrogen-bond acceptors (Lipinski definition) is 0. The van der Waals surface area contributed by atoms with Crippen LogP contribution in [-0.2, 0) is 19.3 Å². The maximum atomic E-state index is 13.5. The summed E-state index contributed by atoms with van der Waals surface area (Å²) in [6, 6.07) is 30.2. The van der Waals surface area contributed by atoms with E-state index in [9.17, 15) is 4.39 Å². The fourth-order valence-electron chi connectivity index (χ4n) is 4.16. The quantitative estimate of drug-likeness (QED) is 0.235. The van der Waals surface area contributed by atoms with Crippen LogP contribution >= 0.6 is 27.5 Å². The normalized spacial score (nSPS) is 12.0. The van der Waals surface area contributed by atoms with E-state index >= 15 is 0 Å². The second-order valence-corrected chi connectivity index (χ2v) is 9.65. The van der Waals surface area contributed by atoms with E-state index in [1.807, 2.05) is 24.3 Å². The Bertz CT molecular complexity index is 1120. The second-order valence-electron chi connectivity index (χ2n) is 8.33. The van der Waals surface area contributed by atoms with Crippen LogP contribution in [0.5, 0.6) is 0 Å². The summed E-state index contributed by atoms with van der Waals surface area (Å²) in [7, 11) is 0. The molecule has 4 aromatic carbocycles. The van der Waals surface area contributed by atoms with E-state index in [4.69, 9.17) is 11.6 Å². The molecule has 0 aromatic heterocycles. The van der Waals surface area contributed by atoms with Gasteiger partial charge in [-0.05, 0) is 90.3 Å². The Morgan fingerprint density at radius 2 is 1.31 bits per heavy atom. The lowest BCUT2D eigenvalue weighted by molar-refractivity contribution is 0.624. The molecule has 0 aliphatic carbocycles. The van der Waals surface area contributed by atoms with Gasteiger partial charge in [-0.1, -0.05) is 93.8 Å². The molecule has 1 atom stereocenters. The van der Waals surface area contributed by atoms with Crippen molar-refractivity contribution in [3.05, 3.63) is 140 Å². The fraction of sp³-hybridized carbons (Fsp3) is 0.172. The molecule has 0 spiro atoms. The van der Waals surface area contributed by atoms with Gasteiger partial charge >= 0.3 is 0 Å². The molecule has 3 heteroatoms. The van der Waals surface area contributed by atoms with Crippen LogP contribution in [0.3, 0.4) is 0 Å². The van der Waals surface area contributed by atoms with Crippen molar-refractivity contribution < 1.29 is 4.39 Å². The van der Waals surface area contributed by atoms with Crippen molar-refractivity contribution >= 4 is 27.5 Å². The highest BCUT2D eigenvalue weighted by molar-refractivity contribution is 9.10. The molecule has 4 rings (SSSR count). The van der Waals surface area contributed by atoms with E-state index in [1.54, 1.807) is 0 Å². The number of aryl methyl sites for hydroxylation is 1. The van der Waals surface area contributed by atoms with Crippen molar-refractivity contribution in [2.75, 3.05) is 0 Å². The summed E-state index contributed by atoms with van der Waals surface area (Å²) < 4.78 is 14.6. The Balaban J connectivity index is 1.72. The number of hydrogen-bond donors (Lipinski definition) is 0. The molecule has 0 nitrogen and oxygen atoms in total. The molecular formula is C29H25BrClF. The van der Waals surface area contributed by atoms with E-state index in [0.717, 1.165) is 34.3 Å². The zero-order valence-corrected chi connectivity index (χ0v) is 20.3. The molecule has 0 aliphatic heterocycles. The molecule has 0 amide bonds. The van der Waals surface area contributed by atoms with Crippen LogP contribution in [0, 0.1) is 12.7 Å². The Morgan fingerprint density at radius 1 is 0.750 bits per heavy atom. The molecule has 4 aromatic rings. The van der Waals surface area contributed by atoms with Gasteiger partial charge in [-0.3, -0.25) is 0 Å². The highest BCUT2D eigenvalue weighted by Crippen LogP contribution is 2.33. The van der Waals surface area contributed by atoms with Crippen LogP contribution in [0.4, 0.5) is 4.39 Å². The van der Waals surface area contributed by atoms with Crippen LogP contribution in [0.25, 0.3) is 0 Å². The van der Waals surface area contributed by atoms with E-state index in [1.165, 1.54) is 39.9 Å². The van der Waals surface area contributed by atoms with E-state index in [-0.39, 0.29) is 11.7 Å². The monoisotopic (exact) mass is 506 g/mol. The SMILES string of the molecule is Cc1ccc(Cc2c(Cl)cccc2C(Cc2ccc(F)cc2)Cc2ccc(Br)cc2)cc1. The molecule has 0 heterocycles. The van der Waals surface area contributed by atoms with Crippen molar-refractivity contribution in [2.45, 2.75) is 32.1 Å². The summed E-state index contributed by atoms with van der Waals surface area (Å²) in [5, 5.41) is 0.794. The lowest BCUT2D eigenvalue weighted by Gasteiger charge is -2.22. The average molecular weight is 508 g/mol. The van der Waals surface area contributed by atoms with Gasteiger partial charge in [0.05, 0.1) is 0 Å². The zero-order chi connectivity index (χ0) is 22.5. The molecule has 0 N–H and O–H groups in total. The van der Waals surface area contributed by atoms with Crippen molar-refractivity contribution in [1.29, 1.82) is 0 Å². The molecule has 0 saturated heterocycles. The predicted octanol–water partition coefficient (Wildman–Crippen LogP) is 8.71. The maximum Gasteiger partial charge on any atom is 0.123 e. The van der Waals surface area contributed by atoms with E-state index < -0.39 is 0 Å². The van der Waals surface area contributed by atoms with Crippen LogP contribution in [-0.4, -0.2) is 0 Å². The third-order valence-electron chi connectivity index (χ3n) is 5.89. The second kappa shape index (κ2) is 10.5.